The zero-order valence-electron chi connectivity index (χ0n) is 19.7. The van der Waals surface area contributed by atoms with Crippen molar-refractivity contribution in [1.82, 2.24) is 25.1 Å². The van der Waals surface area contributed by atoms with E-state index in [4.69, 9.17) is 4.74 Å². The Kier molecular flexibility index (Phi) is 6.08. The molecule has 2 saturated carbocycles. The van der Waals surface area contributed by atoms with E-state index in [1.807, 2.05) is 0 Å². The second kappa shape index (κ2) is 9.24. The number of aromatic amines is 1. The number of ether oxygens (including phenoxy) is 1. The quantitative estimate of drug-likeness (QED) is 0.505. The number of nitrogens with one attached hydrogen (secondary N) is 3. The molecule has 0 aromatic carbocycles. The molecule has 35 heavy (non-hydrogen) atoms. The van der Waals surface area contributed by atoms with Crippen LogP contribution in [0.4, 0.5) is 30.6 Å². The van der Waals surface area contributed by atoms with Gasteiger partial charge < -0.3 is 20.3 Å². The lowest BCUT2D eigenvalue weighted by Gasteiger charge is -2.34. The first-order chi connectivity index (χ1) is 16.9. The van der Waals surface area contributed by atoms with Crippen molar-refractivity contribution in [2.45, 2.75) is 68.7 Å². The molecule has 0 radical (unpaired) electrons. The molecule has 2 aliphatic carbocycles. The molecule has 11 heteroatoms. The molecule has 0 spiro atoms. The highest BCUT2D eigenvalue weighted by molar-refractivity contribution is 5.58. The summed E-state index contributed by atoms with van der Waals surface area (Å²) in [6.45, 7) is 4.73. The van der Waals surface area contributed by atoms with E-state index < -0.39 is 11.7 Å². The summed E-state index contributed by atoms with van der Waals surface area (Å²) in [6.07, 6.45) is 4.59. The second-order valence-electron chi connectivity index (χ2n) is 10.6. The van der Waals surface area contributed by atoms with Crippen molar-refractivity contribution in [3.8, 4) is 0 Å². The van der Waals surface area contributed by atoms with E-state index in [-0.39, 0.29) is 42.4 Å². The van der Waals surface area contributed by atoms with Crippen molar-refractivity contribution in [2.24, 2.45) is 5.92 Å². The number of rotatable bonds is 8. The van der Waals surface area contributed by atoms with Crippen molar-refractivity contribution in [3.05, 3.63) is 23.4 Å². The molecule has 6 rings (SSSR count). The van der Waals surface area contributed by atoms with E-state index in [9.17, 15) is 8.78 Å². The van der Waals surface area contributed by atoms with Crippen molar-refractivity contribution < 1.29 is 17.9 Å². The summed E-state index contributed by atoms with van der Waals surface area (Å²) in [4.78, 5) is 11.4. The van der Waals surface area contributed by atoms with Gasteiger partial charge in [0, 0.05) is 68.7 Å². The standard InChI is InChI=1S/C24H32F3N7O/c25-20-22(28-17-3-6-34(7-4-17)12-14-5-8-35-13-14)30-21(15-1-2-15)31-23(20)29-19-9-18(32-33-19)16-10-24(26,27)11-16/h9,14-17H,1-8,10-13H2,(H3,28,29,30,31,32,33). The van der Waals surface area contributed by atoms with Crippen molar-refractivity contribution in [2.75, 3.05) is 43.5 Å². The van der Waals surface area contributed by atoms with Crippen LogP contribution in [0.25, 0.3) is 0 Å². The topological polar surface area (TPSA) is 91.0 Å². The van der Waals surface area contributed by atoms with Gasteiger partial charge in [-0.25, -0.2) is 18.7 Å². The molecule has 8 nitrogen and oxygen atoms in total. The van der Waals surface area contributed by atoms with E-state index in [1.54, 1.807) is 6.07 Å². The summed E-state index contributed by atoms with van der Waals surface area (Å²) in [7, 11) is 0. The zero-order chi connectivity index (χ0) is 24.0. The largest absolute Gasteiger partial charge is 0.381 e. The monoisotopic (exact) mass is 491 g/mol. The van der Waals surface area contributed by atoms with Gasteiger partial charge in [0.2, 0.25) is 11.7 Å². The third-order valence-corrected chi connectivity index (χ3v) is 7.65. The van der Waals surface area contributed by atoms with Crippen LogP contribution < -0.4 is 10.6 Å². The predicted molar refractivity (Wildman–Crippen MR) is 125 cm³/mol. The molecule has 2 aromatic rings. The molecule has 4 fully saturated rings. The van der Waals surface area contributed by atoms with Crippen LogP contribution in [0.15, 0.2) is 6.07 Å². The molecule has 2 saturated heterocycles. The summed E-state index contributed by atoms with van der Waals surface area (Å²) in [6, 6.07) is 1.81. The summed E-state index contributed by atoms with van der Waals surface area (Å²) < 4.78 is 47.4. The van der Waals surface area contributed by atoms with Gasteiger partial charge >= 0.3 is 0 Å². The van der Waals surface area contributed by atoms with Crippen molar-refractivity contribution in [3.63, 3.8) is 0 Å². The molecule has 2 aliphatic heterocycles. The summed E-state index contributed by atoms with van der Waals surface area (Å²) in [5.41, 5.74) is 0.629. The Morgan fingerprint density at radius 2 is 1.83 bits per heavy atom. The number of anilines is 3. The highest BCUT2D eigenvalue weighted by Crippen LogP contribution is 2.48. The number of halogens is 3. The van der Waals surface area contributed by atoms with Crippen molar-refractivity contribution in [1.29, 1.82) is 0 Å². The lowest BCUT2D eigenvalue weighted by molar-refractivity contribution is -0.0876. The van der Waals surface area contributed by atoms with Gasteiger partial charge in [-0.1, -0.05) is 0 Å². The fraction of sp³-hybridized carbons (Fsp3) is 0.708. The molecule has 2 aromatic heterocycles. The smallest absolute Gasteiger partial charge is 0.249 e. The molecule has 4 heterocycles. The van der Waals surface area contributed by atoms with Crippen LogP contribution in [0.3, 0.4) is 0 Å². The minimum Gasteiger partial charge on any atom is -0.381 e. The fourth-order valence-corrected chi connectivity index (χ4v) is 5.32. The van der Waals surface area contributed by atoms with Crippen LogP contribution in [-0.4, -0.2) is 69.9 Å². The number of aromatic nitrogens is 4. The van der Waals surface area contributed by atoms with E-state index in [2.05, 4.69) is 35.7 Å². The van der Waals surface area contributed by atoms with Crippen LogP contribution in [0.1, 0.15) is 68.3 Å². The number of hydrogen-bond acceptors (Lipinski definition) is 7. The Balaban J connectivity index is 1.12. The molecule has 1 atom stereocenters. The van der Waals surface area contributed by atoms with Gasteiger partial charge in [0.05, 0.1) is 6.61 Å². The van der Waals surface area contributed by atoms with E-state index in [1.165, 1.54) is 0 Å². The zero-order valence-corrected chi connectivity index (χ0v) is 19.7. The average molecular weight is 492 g/mol. The Morgan fingerprint density at radius 3 is 2.51 bits per heavy atom. The number of hydrogen-bond donors (Lipinski definition) is 3. The molecular formula is C24H32F3N7O. The van der Waals surface area contributed by atoms with Crippen LogP contribution in [0, 0.1) is 11.7 Å². The number of nitrogens with zero attached hydrogens (tertiary/aromatic N) is 4. The predicted octanol–water partition coefficient (Wildman–Crippen LogP) is 4.39. The van der Waals surface area contributed by atoms with Gasteiger partial charge in [0.15, 0.2) is 17.5 Å². The van der Waals surface area contributed by atoms with Gasteiger partial charge in [-0.3, -0.25) is 5.10 Å². The van der Waals surface area contributed by atoms with Crippen LogP contribution >= 0.6 is 0 Å². The molecule has 3 N–H and O–H groups in total. The Hall–Kier alpha value is -2.40. The highest BCUT2D eigenvalue weighted by Gasteiger charge is 2.46. The Bertz CT molecular complexity index is 1040. The van der Waals surface area contributed by atoms with Crippen LogP contribution in [0.2, 0.25) is 0 Å². The molecule has 4 aliphatic rings. The molecule has 190 valence electrons. The van der Waals surface area contributed by atoms with Crippen LogP contribution in [-0.2, 0) is 4.74 Å². The Morgan fingerprint density at radius 1 is 1.06 bits per heavy atom. The maximum Gasteiger partial charge on any atom is 0.249 e. The summed E-state index contributed by atoms with van der Waals surface area (Å²) in [5.74, 6) is -1.25. The molecule has 0 bridgehead atoms. The average Bonchev–Trinajstić information content (AvgIpc) is 3.35. The molecule has 0 amide bonds. The third-order valence-electron chi connectivity index (χ3n) is 7.65. The minimum atomic E-state index is -2.61. The maximum absolute atomic E-state index is 15.5. The third kappa shape index (κ3) is 5.25. The minimum absolute atomic E-state index is 0.0695. The number of piperidine rings is 1. The van der Waals surface area contributed by atoms with Gasteiger partial charge in [-0.2, -0.15) is 9.49 Å². The van der Waals surface area contributed by atoms with Gasteiger partial charge in [-0.05, 0) is 38.0 Å². The summed E-state index contributed by atoms with van der Waals surface area (Å²) in [5, 5.41) is 13.2. The SMILES string of the molecule is Fc1c(Nc2cc(C3CC(F)(F)C3)[nH]n2)nc(C2CC2)nc1NC1CCN(CC2CCOC2)CC1. The molecule has 1 unspecified atom stereocenters. The Labute approximate surface area is 202 Å². The lowest BCUT2D eigenvalue weighted by atomic mass is 9.79. The van der Waals surface area contributed by atoms with Gasteiger partial charge in [-0.15, -0.1) is 0 Å². The van der Waals surface area contributed by atoms with Gasteiger partial charge in [0.1, 0.15) is 5.82 Å². The second-order valence-corrected chi connectivity index (χ2v) is 10.6. The number of H-pyrrole nitrogens is 1. The maximum atomic E-state index is 15.5. The van der Waals surface area contributed by atoms with Gasteiger partial charge in [0.25, 0.3) is 0 Å². The normalized spacial score (nSPS) is 25.5. The van der Waals surface area contributed by atoms with Crippen molar-refractivity contribution >= 4 is 17.5 Å². The number of alkyl halides is 2. The fourth-order valence-electron chi connectivity index (χ4n) is 5.32. The highest BCUT2D eigenvalue weighted by atomic mass is 19.3. The van der Waals surface area contributed by atoms with E-state index >= 15 is 4.39 Å². The first kappa shape index (κ1) is 23.0. The first-order valence-corrected chi connectivity index (χ1v) is 12.8. The van der Waals surface area contributed by atoms with Crippen LogP contribution in [0.5, 0.6) is 0 Å². The lowest BCUT2D eigenvalue weighted by Crippen LogP contribution is -2.41. The van der Waals surface area contributed by atoms with E-state index in [0.29, 0.717) is 23.3 Å². The molecular weight excluding hydrogens is 459 g/mol. The van der Waals surface area contributed by atoms with E-state index in [0.717, 1.165) is 65.0 Å². The first-order valence-electron chi connectivity index (χ1n) is 12.8. The number of likely N-dealkylation sites (tertiary alicyclic amines) is 1. The summed E-state index contributed by atoms with van der Waals surface area (Å²) >= 11 is 0.